The molecular weight excluding hydrogens is 286 g/mol. The Hall–Kier alpha value is -1.13. The molecule has 19 heavy (non-hydrogen) atoms. The lowest BCUT2D eigenvalue weighted by molar-refractivity contribution is 0.608. The van der Waals surface area contributed by atoms with Crippen molar-refractivity contribution in [2.75, 3.05) is 0 Å². The molecule has 0 saturated heterocycles. The molecule has 2 aromatic carbocycles. The molecule has 0 radical (unpaired) electrons. The van der Waals surface area contributed by atoms with Crippen LogP contribution in [0.3, 0.4) is 0 Å². The van der Waals surface area contributed by atoms with Crippen molar-refractivity contribution in [3.8, 4) is 0 Å². The molecule has 0 aliphatic carbocycles. The second-order valence-electron chi connectivity index (χ2n) is 4.27. The largest absolute Gasteiger partial charge is 0.271 e. The Bertz CT molecular complexity index is 602. The van der Waals surface area contributed by atoms with Crippen molar-refractivity contribution in [1.82, 2.24) is 5.43 Å². The van der Waals surface area contributed by atoms with Gasteiger partial charge in [-0.2, -0.15) is 0 Å². The minimum atomic E-state index is -0.316. The van der Waals surface area contributed by atoms with E-state index >= 15 is 0 Å². The molecule has 0 amide bonds. The number of nitrogens with two attached hydrogens (primary N) is 1. The van der Waals surface area contributed by atoms with Gasteiger partial charge in [0.15, 0.2) is 0 Å². The first-order valence-electron chi connectivity index (χ1n) is 5.70. The van der Waals surface area contributed by atoms with Crippen LogP contribution >= 0.6 is 23.2 Å². The topological polar surface area (TPSA) is 38.0 Å². The maximum absolute atomic E-state index is 13.3. The number of rotatable bonds is 3. The second kappa shape index (κ2) is 5.88. The van der Waals surface area contributed by atoms with Gasteiger partial charge in [-0.15, -0.1) is 0 Å². The van der Waals surface area contributed by atoms with Crippen LogP contribution in [0.5, 0.6) is 0 Å². The molecular formula is C14H13Cl2FN2. The standard InChI is InChI=1S/C14H13Cl2FN2/c1-8-6-9(2-5-13(8)17)14(19-18)11-4-3-10(15)7-12(11)16/h2-7,14,19H,18H2,1H3. The predicted molar refractivity (Wildman–Crippen MR) is 76.8 cm³/mol. The van der Waals surface area contributed by atoms with Gasteiger partial charge in [-0.3, -0.25) is 5.84 Å². The Kier molecular flexibility index (Phi) is 4.42. The SMILES string of the molecule is Cc1cc(C(NN)c2ccc(Cl)cc2Cl)ccc1F. The van der Waals surface area contributed by atoms with Crippen molar-refractivity contribution in [3.63, 3.8) is 0 Å². The van der Waals surface area contributed by atoms with Crippen molar-refractivity contribution in [2.24, 2.45) is 5.84 Å². The van der Waals surface area contributed by atoms with E-state index in [2.05, 4.69) is 5.43 Å². The molecule has 0 saturated carbocycles. The van der Waals surface area contributed by atoms with Gasteiger partial charge in [-0.25, -0.2) is 9.82 Å². The van der Waals surface area contributed by atoms with Crippen LogP contribution in [0.1, 0.15) is 22.7 Å². The average Bonchev–Trinajstić information content (AvgIpc) is 2.37. The third-order valence-electron chi connectivity index (χ3n) is 2.96. The summed E-state index contributed by atoms with van der Waals surface area (Å²) in [5.74, 6) is 5.35. The Morgan fingerprint density at radius 1 is 1.16 bits per heavy atom. The summed E-state index contributed by atoms with van der Waals surface area (Å²) >= 11 is 12.0. The molecule has 2 aromatic rings. The van der Waals surface area contributed by atoms with Crippen molar-refractivity contribution >= 4 is 23.2 Å². The van der Waals surface area contributed by atoms with Gasteiger partial charge in [0.2, 0.25) is 0 Å². The Balaban J connectivity index is 2.46. The van der Waals surface area contributed by atoms with Gasteiger partial charge >= 0.3 is 0 Å². The molecule has 0 heterocycles. The van der Waals surface area contributed by atoms with E-state index in [4.69, 9.17) is 29.0 Å². The fourth-order valence-electron chi connectivity index (χ4n) is 1.95. The van der Waals surface area contributed by atoms with Crippen LogP contribution in [0.15, 0.2) is 36.4 Å². The molecule has 0 fully saturated rings. The number of hydrogen-bond acceptors (Lipinski definition) is 2. The molecule has 1 atom stereocenters. The highest BCUT2D eigenvalue weighted by Crippen LogP contribution is 2.30. The van der Waals surface area contributed by atoms with Gasteiger partial charge in [0, 0.05) is 10.0 Å². The first kappa shape index (κ1) is 14.3. The predicted octanol–water partition coefficient (Wildman–Crippen LogP) is 3.99. The molecule has 3 N–H and O–H groups in total. The zero-order chi connectivity index (χ0) is 14.0. The monoisotopic (exact) mass is 298 g/mol. The average molecular weight is 299 g/mol. The van der Waals surface area contributed by atoms with Gasteiger partial charge in [0.1, 0.15) is 5.82 Å². The number of hydrogen-bond donors (Lipinski definition) is 2. The highest BCUT2D eigenvalue weighted by Gasteiger charge is 2.16. The summed E-state index contributed by atoms with van der Waals surface area (Å²) in [6.07, 6.45) is 0. The third kappa shape index (κ3) is 3.07. The summed E-state index contributed by atoms with van der Waals surface area (Å²) < 4.78 is 13.3. The van der Waals surface area contributed by atoms with Crippen molar-refractivity contribution in [3.05, 3.63) is 69.0 Å². The molecule has 0 aliphatic heterocycles. The molecule has 2 nitrogen and oxygen atoms in total. The third-order valence-corrected chi connectivity index (χ3v) is 3.52. The summed E-state index contributed by atoms with van der Waals surface area (Å²) in [6, 6.07) is 9.71. The minimum Gasteiger partial charge on any atom is -0.271 e. The molecule has 5 heteroatoms. The van der Waals surface area contributed by atoms with Crippen molar-refractivity contribution in [2.45, 2.75) is 13.0 Å². The second-order valence-corrected chi connectivity index (χ2v) is 5.12. The fourth-order valence-corrected chi connectivity index (χ4v) is 2.47. The normalized spacial score (nSPS) is 12.5. The van der Waals surface area contributed by atoms with E-state index in [1.54, 1.807) is 37.3 Å². The van der Waals surface area contributed by atoms with E-state index < -0.39 is 0 Å². The number of aryl methyl sites for hydroxylation is 1. The number of nitrogens with one attached hydrogen (secondary N) is 1. The van der Waals surface area contributed by atoms with Crippen molar-refractivity contribution in [1.29, 1.82) is 0 Å². The summed E-state index contributed by atoms with van der Waals surface area (Å²) in [7, 11) is 0. The quantitative estimate of drug-likeness (QED) is 0.664. The highest BCUT2D eigenvalue weighted by molar-refractivity contribution is 6.35. The zero-order valence-electron chi connectivity index (χ0n) is 10.3. The first-order chi connectivity index (χ1) is 9.02. The molecule has 0 aromatic heterocycles. The lowest BCUT2D eigenvalue weighted by atomic mass is 9.97. The van der Waals surface area contributed by atoms with Gasteiger partial charge in [0.05, 0.1) is 6.04 Å². The maximum Gasteiger partial charge on any atom is 0.126 e. The van der Waals surface area contributed by atoms with Crippen LogP contribution in [0.2, 0.25) is 10.0 Å². The van der Waals surface area contributed by atoms with E-state index in [9.17, 15) is 4.39 Å². The van der Waals surface area contributed by atoms with Gasteiger partial charge in [0.25, 0.3) is 0 Å². The lowest BCUT2D eigenvalue weighted by Gasteiger charge is -2.19. The summed E-state index contributed by atoms with van der Waals surface area (Å²) in [5.41, 5.74) is 4.88. The number of halogens is 3. The highest BCUT2D eigenvalue weighted by atomic mass is 35.5. The van der Waals surface area contributed by atoms with Crippen LogP contribution in [-0.2, 0) is 0 Å². The van der Waals surface area contributed by atoms with Gasteiger partial charge in [-0.05, 0) is 41.8 Å². The van der Waals surface area contributed by atoms with Crippen LogP contribution < -0.4 is 11.3 Å². The van der Waals surface area contributed by atoms with E-state index in [0.29, 0.717) is 15.6 Å². The molecule has 0 bridgehead atoms. The van der Waals surface area contributed by atoms with Crippen LogP contribution in [-0.4, -0.2) is 0 Å². The van der Waals surface area contributed by atoms with E-state index in [-0.39, 0.29) is 11.9 Å². The van der Waals surface area contributed by atoms with Crippen LogP contribution in [0.25, 0.3) is 0 Å². The molecule has 0 aliphatic rings. The smallest absolute Gasteiger partial charge is 0.126 e. The van der Waals surface area contributed by atoms with E-state index in [1.165, 1.54) is 6.07 Å². The van der Waals surface area contributed by atoms with Gasteiger partial charge in [-0.1, -0.05) is 41.4 Å². The minimum absolute atomic E-state index is 0.248. The number of benzene rings is 2. The Labute approximate surface area is 121 Å². The Morgan fingerprint density at radius 3 is 2.47 bits per heavy atom. The van der Waals surface area contributed by atoms with E-state index in [0.717, 1.165) is 11.1 Å². The lowest BCUT2D eigenvalue weighted by Crippen LogP contribution is -2.29. The fraction of sp³-hybridized carbons (Fsp3) is 0.143. The van der Waals surface area contributed by atoms with Crippen LogP contribution in [0.4, 0.5) is 4.39 Å². The number of hydrazine groups is 1. The zero-order valence-corrected chi connectivity index (χ0v) is 11.8. The summed E-state index contributed by atoms with van der Waals surface area (Å²) in [6.45, 7) is 1.70. The maximum atomic E-state index is 13.3. The molecule has 100 valence electrons. The molecule has 0 spiro atoms. The van der Waals surface area contributed by atoms with Gasteiger partial charge < -0.3 is 0 Å². The van der Waals surface area contributed by atoms with E-state index in [1.807, 2.05) is 0 Å². The first-order valence-corrected chi connectivity index (χ1v) is 6.45. The summed E-state index contributed by atoms with van der Waals surface area (Å²) in [5, 5.41) is 1.07. The summed E-state index contributed by atoms with van der Waals surface area (Å²) in [4.78, 5) is 0. The van der Waals surface area contributed by atoms with Crippen molar-refractivity contribution < 1.29 is 4.39 Å². The molecule has 2 rings (SSSR count). The Morgan fingerprint density at radius 2 is 1.89 bits per heavy atom. The van der Waals surface area contributed by atoms with Crippen LogP contribution in [0, 0.1) is 12.7 Å². The molecule has 1 unspecified atom stereocenters.